The van der Waals surface area contributed by atoms with Crippen molar-refractivity contribution in [2.75, 3.05) is 5.32 Å². The maximum Gasteiger partial charge on any atom is 0.157 e. The Bertz CT molecular complexity index is 1140. The molecule has 0 aliphatic heterocycles. The molecule has 4 rings (SSSR count). The van der Waals surface area contributed by atoms with Gasteiger partial charge < -0.3 is 5.32 Å². The Hall–Kier alpha value is -3.32. The van der Waals surface area contributed by atoms with E-state index < -0.39 is 0 Å². The van der Waals surface area contributed by atoms with Crippen LogP contribution in [0.15, 0.2) is 60.7 Å². The van der Waals surface area contributed by atoms with Crippen LogP contribution in [0.3, 0.4) is 0 Å². The number of hydrogen-bond donors (Lipinski definition) is 1. The second-order valence-electron chi connectivity index (χ2n) is 6.83. The third kappa shape index (κ3) is 3.02. The Morgan fingerprint density at radius 3 is 2.59 bits per heavy atom. The van der Waals surface area contributed by atoms with Crippen molar-refractivity contribution in [3.8, 4) is 6.07 Å². The zero-order valence-corrected chi connectivity index (χ0v) is 15.6. The summed E-state index contributed by atoms with van der Waals surface area (Å²) in [7, 11) is 0. The van der Waals surface area contributed by atoms with E-state index in [1.807, 2.05) is 30.3 Å². The standard InChI is InChI=1S/C23H22N4/c1-3-9-18-14-22(25-16(2)17-10-5-4-6-11-17)27-21-13-8-7-12-20(21)26-23(27)19(18)15-24/h4-8,10-14,16,25H,3,9H2,1-2H3. The molecule has 0 bridgehead atoms. The van der Waals surface area contributed by atoms with Crippen LogP contribution in [0.25, 0.3) is 16.7 Å². The van der Waals surface area contributed by atoms with E-state index in [1.165, 1.54) is 5.56 Å². The monoisotopic (exact) mass is 354 g/mol. The highest BCUT2D eigenvalue weighted by molar-refractivity contribution is 5.85. The second-order valence-corrected chi connectivity index (χ2v) is 6.83. The van der Waals surface area contributed by atoms with Crippen LogP contribution in [0.1, 0.15) is 43.0 Å². The zero-order chi connectivity index (χ0) is 18.8. The number of fused-ring (bicyclic) bond motifs is 3. The predicted molar refractivity (Wildman–Crippen MR) is 110 cm³/mol. The number of nitrogens with one attached hydrogen (secondary N) is 1. The Labute approximate surface area is 159 Å². The molecule has 27 heavy (non-hydrogen) atoms. The van der Waals surface area contributed by atoms with Crippen molar-refractivity contribution >= 4 is 22.5 Å². The van der Waals surface area contributed by atoms with Crippen molar-refractivity contribution in [1.82, 2.24) is 9.38 Å². The van der Waals surface area contributed by atoms with E-state index in [-0.39, 0.29) is 6.04 Å². The Balaban J connectivity index is 1.94. The third-order valence-electron chi connectivity index (χ3n) is 4.95. The van der Waals surface area contributed by atoms with Gasteiger partial charge in [-0.05, 0) is 42.7 Å². The molecule has 0 aliphatic carbocycles. The number of imidazole rings is 1. The van der Waals surface area contributed by atoms with E-state index in [1.54, 1.807) is 0 Å². The van der Waals surface area contributed by atoms with Crippen LogP contribution < -0.4 is 5.32 Å². The quantitative estimate of drug-likeness (QED) is 0.516. The molecule has 2 aromatic heterocycles. The summed E-state index contributed by atoms with van der Waals surface area (Å²) in [6.45, 7) is 4.28. The molecule has 4 aromatic rings. The first-order valence-electron chi connectivity index (χ1n) is 9.37. The van der Waals surface area contributed by atoms with Crippen molar-refractivity contribution in [2.45, 2.75) is 32.7 Å². The van der Waals surface area contributed by atoms with Crippen molar-refractivity contribution in [1.29, 1.82) is 5.26 Å². The predicted octanol–water partition coefficient (Wildman–Crippen LogP) is 5.48. The number of benzene rings is 2. The largest absolute Gasteiger partial charge is 0.365 e. The average Bonchev–Trinajstić information content (AvgIpc) is 3.08. The maximum atomic E-state index is 9.80. The summed E-state index contributed by atoms with van der Waals surface area (Å²) >= 11 is 0. The van der Waals surface area contributed by atoms with Gasteiger partial charge in [-0.1, -0.05) is 55.8 Å². The molecule has 0 saturated carbocycles. The fourth-order valence-corrected chi connectivity index (χ4v) is 3.62. The molecule has 2 aromatic carbocycles. The fraction of sp³-hybridized carbons (Fsp3) is 0.217. The SMILES string of the molecule is CCCc1cc(NC(C)c2ccccc2)n2c(nc3ccccc32)c1C#N. The molecule has 0 amide bonds. The number of nitrogens with zero attached hydrogens (tertiary/aromatic N) is 3. The topological polar surface area (TPSA) is 53.1 Å². The molecule has 1 atom stereocenters. The van der Waals surface area contributed by atoms with Gasteiger partial charge in [0.2, 0.25) is 0 Å². The molecule has 2 heterocycles. The van der Waals surface area contributed by atoms with Crippen molar-refractivity contribution in [3.05, 3.63) is 77.4 Å². The van der Waals surface area contributed by atoms with Crippen LogP contribution in [0.5, 0.6) is 0 Å². The Kier molecular flexibility index (Phi) is 4.52. The number of aromatic nitrogens is 2. The Morgan fingerprint density at radius 2 is 1.85 bits per heavy atom. The third-order valence-corrected chi connectivity index (χ3v) is 4.95. The minimum absolute atomic E-state index is 0.137. The molecule has 0 fully saturated rings. The normalized spacial score (nSPS) is 12.2. The van der Waals surface area contributed by atoms with E-state index in [9.17, 15) is 5.26 Å². The van der Waals surface area contributed by atoms with Gasteiger partial charge in [-0.3, -0.25) is 4.40 Å². The number of rotatable bonds is 5. The van der Waals surface area contributed by atoms with E-state index in [2.05, 4.69) is 60.0 Å². The fourth-order valence-electron chi connectivity index (χ4n) is 3.62. The number of pyridine rings is 1. The van der Waals surface area contributed by atoms with Crippen LogP contribution >= 0.6 is 0 Å². The van der Waals surface area contributed by atoms with Gasteiger partial charge in [0.05, 0.1) is 16.6 Å². The minimum Gasteiger partial charge on any atom is -0.365 e. The molecular weight excluding hydrogens is 332 g/mol. The molecule has 0 radical (unpaired) electrons. The summed E-state index contributed by atoms with van der Waals surface area (Å²) in [5.41, 5.74) is 5.58. The van der Waals surface area contributed by atoms with Crippen molar-refractivity contribution in [2.24, 2.45) is 0 Å². The number of aryl methyl sites for hydroxylation is 1. The maximum absolute atomic E-state index is 9.80. The summed E-state index contributed by atoms with van der Waals surface area (Å²) in [6, 6.07) is 23.0. The number of hydrogen-bond acceptors (Lipinski definition) is 3. The number of nitriles is 1. The first kappa shape index (κ1) is 17.1. The smallest absolute Gasteiger partial charge is 0.157 e. The highest BCUT2D eigenvalue weighted by Crippen LogP contribution is 2.29. The van der Waals surface area contributed by atoms with Crippen LogP contribution in [0, 0.1) is 11.3 Å². The molecule has 0 saturated heterocycles. The van der Waals surface area contributed by atoms with Gasteiger partial charge in [0.15, 0.2) is 5.65 Å². The summed E-state index contributed by atoms with van der Waals surface area (Å²) in [6.07, 6.45) is 1.84. The van der Waals surface area contributed by atoms with Crippen LogP contribution in [0.2, 0.25) is 0 Å². The minimum atomic E-state index is 0.137. The van der Waals surface area contributed by atoms with Crippen molar-refractivity contribution < 1.29 is 0 Å². The lowest BCUT2D eigenvalue weighted by molar-refractivity contribution is 0.864. The van der Waals surface area contributed by atoms with E-state index in [4.69, 9.17) is 4.98 Å². The summed E-state index contributed by atoms with van der Waals surface area (Å²) in [4.78, 5) is 4.77. The highest BCUT2D eigenvalue weighted by atomic mass is 15.1. The first-order valence-corrected chi connectivity index (χ1v) is 9.37. The zero-order valence-electron chi connectivity index (χ0n) is 15.6. The average molecular weight is 354 g/mol. The lowest BCUT2D eigenvalue weighted by Gasteiger charge is -2.19. The molecule has 134 valence electrons. The lowest BCUT2D eigenvalue weighted by Crippen LogP contribution is -2.11. The molecule has 0 spiro atoms. The lowest BCUT2D eigenvalue weighted by atomic mass is 10.0. The van der Waals surface area contributed by atoms with Crippen LogP contribution in [-0.4, -0.2) is 9.38 Å². The van der Waals surface area contributed by atoms with Gasteiger partial charge >= 0.3 is 0 Å². The summed E-state index contributed by atoms with van der Waals surface area (Å²) < 4.78 is 2.08. The van der Waals surface area contributed by atoms with Crippen LogP contribution in [-0.2, 0) is 6.42 Å². The van der Waals surface area contributed by atoms with Gasteiger partial charge in [0.25, 0.3) is 0 Å². The Morgan fingerprint density at radius 1 is 1.11 bits per heavy atom. The van der Waals surface area contributed by atoms with Gasteiger partial charge in [0.1, 0.15) is 11.9 Å². The molecule has 1 N–H and O–H groups in total. The molecule has 0 aliphatic rings. The second kappa shape index (κ2) is 7.13. The van der Waals surface area contributed by atoms with Crippen LogP contribution in [0.4, 0.5) is 5.82 Å². The number of anilines is 1. The number of para-hydroxylation sites is 2. The molecular formula is C23H22N4. The van der Waals surface area contributed by atoms with Gasteiger partial charge in [0, 0.05) is 6.04 Å². The highest BCUT2D eigenvalue weighted by Gasteiger charge is 2.17. The summed E-state index contributed by atoms with van der Waals surface area (Å²) in [5.74, 6) is 0.970. The molecule has 4 heteroatoms. The molecule has 1 unspecified atom stereocenters. The first-order chi connectivity index (χ1) is 13.2. The van der Waals surface area contributed by atoms with E-state index in [0.717, 1.165) is 40.9 Å². The van der Waals surface area contributed by atoms with E-state index >= 15 is 0 Å². The van der Waals surface area contributed by atoms with Gasteiger partial charge in [-0.2, -0.15) is 5.26 Å². The van der Waals surface area contributed by atoms with E-state index in [0.29, 0.717) is 5.56 Å². The van der Waals surface area contributed by atoms with Gasteiger partial charge in [-0.15, -0.1) is 0 Å². The van der Waals surface area contributed by atoms with Gasteiger partial charge in [-0.25, -0.2) is 4.98 Å². The summed E-state index contributed by atoms with van der Waals surface area (Å²) in [5, 5.41) is 13.4. The molecule has 4 nitrogen and oxygen atoms in total. The van der Waals surface area contributed by atoms with Crippen molar-refractivity contribution in [3.63, 3.8) is 0 Å².